The Balaban J connectivity index is 1.64. The average molecular weight is 447 g/mol. The van der Waals surface area contributed by atoms with E-state index >= 15 is 0 Å². The maximum absolute atomic E-state index is 5.53. The molecule has 2 aromatic carbocycles. The van der Waals surface area contributed by atoms with Crippen LogP contribution in [0.2, 0.25) is 6.04 Å². The van der Waals surface area contributed by atoms with Crippen molar-refractivity contribution in [1.29, 1.82) is 0 Å². The molecule has 0 atom stereocenters. The molecule has 0 amide bonds. The van der Waals surface area contributed by atoms with Crippen LogP contribution in [0.3, 0.4) is 0 Å². The molecule has 0 saturated heterocycles. The van der Waals surface area contributed by atoms with Crippen LogP contribution < -0.4 is 5.22 Å². The molecule has 0 spiro atoms. The fourth-order valence-electron chi connectivity index (χ4n) is 4.00. The highest BCUT2D eigenvalue weighted by atomic mass is 79.9. The van der Waals surface area contributed by atoms with E-state index in [1.54, 1.807) is 21.3 Å². The van der Waals surface area contributed by atoms with Gasteiger partial charge in [-0.05, 0) is 38.5 Å². The molecule has 1 aromatic heterocycles. The van der Waals surface area contributed by atoms with E-state index in [1.807, 2.05) is 6.20 Å². The predicted octanol–water partition coefficient (Wildman–Crippen LogP) is 3.69. The number of rotatable bonds is 7. The molecule has 0 fully saturated rings. The zero-order valence-electron chi connectivity index (χ0n) is 15.8. The van der Waals surface area contributed by atoms with Crippen molar-refractivity contribution in [3.63, 3.8) is 0 Å². The summed E-state index contributed by atoms with van der Waals surface area (Å²) >= 11 is 3.59. The van der Waals surface area contributed by atoms with Crippen molar-refractivity contribution < 1.29 is 13.3 Å². The first kappa shape index (κ1) is 18.8. The van der Waals surface area contributed by atoms with Crippen molar-refractivity contribution in [2.24, 2.45) is 0 Å². The quantitative estimate of drug-likeness (QED) is 0.408. The Hall–Kier alpha value is -1.51. The van der Waals surface area contributed by atoms with Gasteiger partial charge in [-0.1, -0.05) is 24.3 Å². The van der Waals surface area contributed by atoms with E-state index < -0.39 is 8.80 Å². The van der Waals surface area contributed by atoms with Crippen LogP contribution in [0.5, 0.6) is 0 Å². The summed E-state index contributed by atoms with van der Waals surface area (Å²) in [7, 11) is 2.50. The van der Waals surface area contributed by atoms with Crippen LogP contribution >= 0.6 is 15.9 Å². The number of hydrogen-bond donors (Lipinski definition) is 0. The van der Waals surface area contributed by atoms with Crippen molar-refractivity contribution in [2.75, 3.05) is 27.9 Å². The molecule has 0 saturated carbocycles. The molecule has 1 aliphatic rings. The minimum atomic E-state index is -2.51. The predicted molar refractivity (Wildman–Crippen MR) is 113 cm³/mol. The summed E-state index contributed by atoms with van der Waals surface area (Å²) < 4.78 is 17.5. The van der Waals surface area contributed by atoms with Gasteiger partial charge in [0.25, 0.3) is 0 Å². The number of hydrogen-bond acceptors (Lipinski definition) is 5. The van der Waals surface area contributed by atoms with Gasteiger partial charge in [-0.2, -0.15) is 0 Å². The second-order valence-corrected chi connectivity index (χ2v) is 10.7. The first-order chi connectivity index (χ1) is 13.1. The molecule has 3 aromatic rings. The average Bonchev–Trinajstić information content (AvgIpc) is 2.71. The molecule has 0 N–H and O–H groups in total. The van der Waals surface area contributed by atoms with Crippen molar-refractivity contribution >= 4 is 52.5 Å². The topological polar surface area (TPSA) is 43.8 Å². The first-order valence-corrected chi connectivity index (χ1v) is 11.7. The van der Waals surface area contributed by atoms with Gasteiger partial charge in [-0.25, -0.2) is 4.98 Å². The monoisotopic (exact) mass is 446 g/mol. The number of pyridine rings is 1. The maximum atomic E-state index is 5.53. The Morgan fingerprint density at radius 2 is 1.85 bits per heavy atom. The lowest BCUT2D eigenvalue weighted by molar-refractivity contribution is 0.122. The van der Waals surface area contributed by atoms with Crippen LogP contribution in [0.15, 0.2) is 35.1 Å². The minimum Gasteiger partial charge on any atom is -0.377 e. The van der Waals surface area contributed by atoms with Gasteiger partial charge in [-0.15, -0.1) is 0 Å². The van der Waals surface area contributed by atoms with Gasteiger partial charge in [0.1, 0.15) is 4.60 Å². The highest BCUT2D eigenvalue weighted by Crippen LogP contribution is 2.32. The molecule has 4 rings (SSSR count). The van der Waals surface area contributed by atoms with Gasteiger partial charge in [0.15, 0.2) is 0 Å². The van der Waals surface area contributed by atoms with Crippen LogP contribution in [-0.4, -0.2) is 46.6 Å². The fourth-order valence-corrected chi connectivity index (χ4v) is 6.13. The van der Waals surface area contributed by atoms with E-state index in [-0.39, 0.29) is 0 Å². The Bertz CT molecular complexity index is 1030. The fraction of sp³-hybridized carbons (Fsp3) is 0.350. The van der Waals surface area contributed by atoms with Gasteiger partial charge < -0.3 is 18.2 Å². The van der Waals surface area contributed by atoms with Crippen LogP contribution in [0, 0.1) is 0 Å². The molecule has 2 heterocycles. The standard InChI is InChI=1S/C20H23BrN2O3Si/c1-24-27(25-2,26-3)10-4-9-23-12-15-6-5-14-11-22-20(21)17-8-7-16(13-23)18(15)19(14)17/h5-8,11,13H,4,9-10,12H2,1-3H3. The summed E-state index contributed by atoms with van der Waals surface area (Å²) in [5, 5.41) is 6.27. The van der Waals surface area contributed by atoms with Crippen molar-refractivity contribution in [1.82, 2.24) is 9.88 Å². The third kappa shape index (κ3) is 3.28. The summed E-state index contributed by atoms with van der Waals surface area (Å²) in [6.45, 7) is 1.84. The highest BCUT2D eigenvalue weighted by molar-refractivity contribution is 9.10. The number of aromatic nitrogens is 1. The zero-order chi connectivity index (χ0) is 19.0. The van der Waals surface area contributed by atoms with Gasteiger partial charge >= 0.3 is 8.80 Å². The molecule has 5 nitrogen and oxygen atoms in total. The van der Waals surface area contributed by atoms with E-state index in [0.717, 1.165) is 30.2 Å². The van der Waals surface area contributed by atoms with Crippen LogP contribution in [0.25, 0.3) is 27.7 Å². The van der Waals surface area contributed by atoms with E-state index in [2.05, 4.69) is 56.3 Å². The van der Waals surface area contributed by atoms with Crippen molar-refractivity contribution in [3.8, 4) is 0 Å². The maximum Gasteiger partial charge on any atom is 0.500 e. The first-order valence-electron chi connectivity index (χ1n) is 9.00. The summed E-state index contributed by atoms with van der Waals surface area (Å²) in [5.74, 6) is 0. The van der Waals surface area contributed by atoms with Gasteiger partial charge in [0.2, 0.25) is 0 Å². The molecular weight excluding hydrogens is 424 g/mol. The van der Waals surface area contributed by atoms with Gasteiger partial charge in [0.05, 0.1) is 0 Å². The van der Waals surface area contributed by atoms with E-state index in [9.17, 15) is 0 Å². The summed E-state index contributed by atoms with van der Waals surface area (Å²) in [5.41, 5.74) is 1.36. The third-order valence-corrected chi connectivity index (χ3v) is 8.87. The summed E-state index contributed by atoms with van der Waals surface area (Å²) in [4.78, 5) is 6.83. The molecule has 27 heavy (non-hydrogen) atoms. The number of benzene rings is 2. The molecular formula is C20H23BrN2O3Si. The molecule has 0 unspecified atom stereocenters. The lowest BCUT2D eigenvalue weighted by Crippen LogP contribution is -2.43. The van der Waals surface area contributed by atoms with Gasteiger partial charge in [0, 0.05) is 69.0 Å². The Labute approximate surface area is 168 Å². The minimum absolute atomic E-state index is 0.805. The van der Waals surface area contributed by atoms with Crippen LogP contribution in [-0.2, 0) is 19.8 Å². The molecule has 0 radical (unpaired) electrons. The highest BCUT2D eigenvalue weighted by Gasteiger charge is 2.37. The molecule has 0 bridgehead atoms. The molecule has 1 aliphatic heterocycles. The molecule has 0 aliphatic carbocycles. The third-order valence-electron chi connectivity index (χ3n) is 5.41. The second kappa shape index (κ2) is 7.48. The lowest BCUT2D eigenvalue weighted by atomic mass is 9.95. The second-order valence-electron chi connectivity index (χ2n) is 6.81. The van der Waals surface area contributed by atoms with E-state index in [4.69, 9.17) is 13.3 Å². The normalized spacial score (nSPS) is 14.1. The van der Waals surface area contributed by atoms with Crippen molar-refractivity contribution in [3.05, 3.63) is 45.8 Å². The van der Waals surface area contributed by atoms with Gasteiger partial charge in [-0.3, -0.25) is 0 Å². The lowest BCUT2D eigenvalue weighted by Gasteiger charge is -2.28. The Morgan fingerprint density at radius 1 is 1.07 bits per heavy atom. The summed E-state index contributed by atoms with van der Waals surface area (Å²) in [6.07, 6.45) is 5.17. The van der Waals surface area contributed by atoms with E-state index in [1.165, 1.54) is 32.3 Å². The van der Waals surface area contributed by atoms with E-state index in [0.29, 0.717) is 0 Å². The Morgan fingerprint density at radius 3 is 2.59 bits per heavy atom. The van der Waals surface area contributed by atoms with Crippen LogP contribution in [0.1, 0.15) is 12.0 Å². The van der Waals surface area contributed by atoms with Crippen LogP contribution in [0.4, 0.5) is 0 Å². The Kier molecular flexibility index (Phi) is 5.22. The SMILES string of the molecule is CO[Si](CCCN1C=c2ccc3c(Br)ncc4ccc(c2c43)C1)(OC)OC. The number of nitrogens with zero attached hydrogens (tertiary/aromatic N) is 2. The molecule has 142 valence electrons. The molecule has 7 heteroatoms. The van der Waals surface area contributed by atoms with Crippen molar-refractivity contribution in [2.45, 2.75) is 19.0 Å². The largest absolute Gasteiger partial charge is 0.500 e. The zero-order valence-corrected chi connectivity index (χ0v) is 18.4. The number of halogens is 1. The summed E-state index contributed by atoms with van der Waals surface area (Å²) in [6, 6.07) is 9.56. The smallest absolute Gasteiger partial charge is 0.377 e.